The molecule has 0 spiro atoms. The number of morpholine rings is 1. The number of benzene rings is 1. The number of nitrogens with one attached hydrogen (secondary N) is 2. The summed E-state index contributed by atoms with van der Waals surface area (Å²) in [7, 11) is -3.90. The van der Waals surface area contributed by atoms with Crippen molar-refractivity contribution < 1.29 is 17.9 Å². The van der Waals surface area contributed by atoms with Crippen molar-refractivity contribution >= 4 is 15.9 Å². The Hall–Kier alpha value is -2.23. The molecular weight excluding hydrogens is 368 g/mol. The second-order valence-corrected chi connectivity index (χ2v) is 8.22. The summed E-state index contributed by atoms with van der Waals surface area (Å²) in [6.07, 6.45) is 0.270. The van der Waals surface area contributed by atoms with Gasteiger partial charge < -0.3 is 9.64 Å². The normalized spacial score (nSPS) is 16.3. The third-order valence-corrected chi connectivity index (χ3v) is 6.26. The quantitative estimate of drug-likeness (QED) is 0.756. The monoisotopic (exact) mass is 392 g/mol. The van der Waals surface area contributed by atoms with Crippen molar-refractivity contribution in [1.29, 1.82) is 0 Å². The lowest BCUT2D eigenvalue weighted by atomic mass is 10.1. The molecular formula is C18H24N4O4S. The van der Waals surface area contributed by atoms with Crippen molar-refractivity contribution in [3.05, 3.63) is 47.3 Å². The van der Waals surface area contributed by atoms with E-state index < -0.39 is 16.1 Å². The van der Waals surface area contributed by atoms with Crippen LogP contribution < -0.4 is 4.72 Å². The van der Waals surface area contributed by atoms with Crippen LogP contribution in [-0.2, 0) is 26.0 Å². The fourth-order valence-electron chi connectivity index (χ4n) is 3.22. The average molecular weight is 392 g/mol. The molecule has 0 unspecified atom stereocenters. The Kier molecular flexibility index (Phi) is 5.93. The number of nitrogens with zero attached hydrogens (tertiary/aromatic N) is 2. The fraction of sp³-hybridized carbons (Fsp3) is 0.444. The van der Waals surface area contributed by atoms with E-state index in [1.165, 1.54) is 0 Å². The predicted octanol–water partition coefficient (Wildman–Crippen LogP) is 0.775. The van der Waals surface area contributed by atoms with Crippen LogP contribution in [0.15, 0.2) is 35.2 Å². The summed E-state index contributed by atoms with van der Waals surface area (Å²) in [5.41, 5.74) is 1.70. The first kappa shape index (κ1) is 19.5. The molecule has 0 radical (unpaired) electrons. The molecule has 0 saturated carbocycles. The van der Waals surface area contributed by atoms with Gasteiger partial charge in [0.2, 0.25) is 15.9 Å². The van der Waals surface area contributed by atoms with Gasteiger partial charge in [0.15, 0.2) is 0 Å². The van der Waals surface area contributed by atoms with Crippen molar-refractivity contribution in [2.24, 2.45) is 0 Å². The van der Waals surface area contributed by atoms with Gasteiger partial charge in [0.1, 0.15) is 10.9 Å². The standard InChI is InChI=1S/C18H24N4O4S/c1-13-17(14(2)20-19-13)27(24,25)21-16(12-15-6-4-3-5-7-15)18(23)22-8-10-26-11-9-22/h3-7,16,21H,8-12H2,1-2H3,(H,19,20)/t16-/m0/s1. The van der Waals surface area contributed by atoms with E-state index in [0.717, 1.165) is 5.56 Å². The molecule has 9 heteroatoms. The van der Waals surface area contributed by atoms with Crippen LogP contribution in [0.1, 0.15) is 17.0 Å². The van der Waals surface area contributed by atoms with E-state index in [9.17, 15) is 13.2 Å². The zero-order valence-electron chi connectivity index (χ0n) is 15.4. The van der Waals surface area contributed by atoms with Gasteiger partial charge in [0.25, 0.3) is 0 Å². The zero-order chi connectivity index (χ0) is 19.4. The lowest BCUT2D eigenvalue weighted by Crippen LogP contribution is -2.52. The minimum Gasteiger partial charge on any atom is -0.378 e. The number of carbonyl (C=O) groups excluding carboxylic acids is 1. The number of aromatic amines is 1. The number of amides is 1. The summed E-state index contributed by atoms with van der Waals surface area (Å²) in [5.74, 6) is -0.246. The zero-order valence-corrected chi connectivity index (χ0v) is 16.3. The lowest BCUT2D eigenvalue weighted by Gasteiger charge is -2.30. The smallest absolute Gasteiger partial charge is 0.244 e. The first-order chi connectivity index (χ1) is 12.9. The van der Waals surface area contributed by atoms with Crippen LogP contribution in [-0.4, -0.2) is 61.8 Å². The van der Waals surface area contributed by atoms with Crippen LogP contribution in [0.2, 0.25) is 0 Å². The van der Waals surface area contributed by atoms with Gasteiger partial charge in [-0.1, -0.05) is 30.3 Å². The van der Waals surface area contributed by atoms with Crippen molar-refractivity contribution in [3.63, 3.8) is 0 Å². The second-order valence-electron chi connectivity index (χ2n) is 6.56. The van der Waals surface area contributed by atoms with Crippen LogP contribution in [0.4, 0.5) is 0 Å². The molecule has 1 atom stereocenters. The van der Waals surface area contributed by atoms with Gasteiger partial charge >= 0.3 is 0 Å². The van der Waals surface area contributed by atoms with E-state index in [2.05, 4.69) is 14.9 Å². The number of rotatable bonds is 6. The van der Waals surface area contributed by atoms with Gasteiger partial charge in [-0.3, -0.25) is 9.89 Å². The second kappa shape index (κ2) is 8.20. The predicted molar refractivity (Wildman–Crippen MR) is 99.7 cm³/mol. The number of hydrogen-bond acceptors (Lipinski definition) is 5. The first-order valence-corrected chi connectivity index (χ1v) is 10.3. The number of sulfonamides is 1. The van der Waals surface area contributed by atoms with Gasteiger partial charge in [-0.05, 0) is 25.8 Å². The molecule has 1 amide bonds. The number of hydrogen-bond donors (Lipinski definition) is 2. The minimum absolute atomic E-state index is 0.0929. The van der Waals surface area contributed by atoms with Crippen molar-refractivity contribution in [3.8, 4) is 0 Å². The highest BCUT2D eigenvalue weighted by Gasteiger charge is 2.32. The third-order valence-electron chi connectivity index (χ3n) is 4.53. The van der Waals surface area contributed by atoms with E-state index in [1.807, 2.05) is 30.3 Å². The van der Waals surface area contributed by atoms with Crippen LogP contribution in [0, 0.1) is 13.8 Å². The summed E-state index contributed by atoms with van der Waals surface area (Å²) >= 11 is 0. The summed E-state index contributed by atoms with van der Waals surface area (Å²) in [6.45, 7) is 5.08. The molecule has 1 aliphatic heterocycles. The summed E-state index contributed by atoms with van der Waals surface area (Å²) < 4.78 is 33.8. The summed E-state index contributed by atoms with van der Waals surface area (Å²) in [4.78, 5) is 14.8. The van der Waals surface area contributed by atoms with Crippen LogP contribution in [0.3, 0.4) is 0 Å². The molecule has 1 aromatic carbocycles. The summed E-state index contributed by atoms with van der Waals surface area (Å²) in [6, 6.07) is 8.47. The van der Waals surface area contributed by atoms with Gasteiger partial charge in [-0.15, -0.1) is 0 Å². The van der Waals surface area contributed by atoms with Crippen molar-refractivity contribution in [2.75, 3.05) is 26.3 Å². The maximum Gasteiger partial charge on any atom is 0.244 e. The molecule has 1 fully saturated rings. The SMILES string of the molecule is Cc1n[nH]c(C)c1S(=O)(=O)N[C@@H](Cc1ccccc1)C(=O)N1CCOCC1. The van der Waals surface area contributed by atoms with Crippen LogP contribution >= 0.6 is 0 Å². The minimum atomic E-state index is -3.90. The molecule has 0 bridgehead atoms. The van der Waals surface area contributed by atoms with Gasteiger partial charge in [0.05, 0.1) is 24.6 Å². The Labute approximate surface area is 159 Å². The van der Waals surface area contributed by atoms with E-state index in [4.69, 9.17) is 4.74 Å². The Morgan fingerprint density at radius 3 is 2.52 bits per heavy atom. The average Bonchev–Trinajstić information content (AvgIpc) is 3.01. The Morgan fingerprint density at radius 2 is 1.93 bits per heavy atom. The molecule has 0 aliphatic carbocycles. The van der Waals surface area contributed by atoms with Crippen molar-refractivity contribution in [2.45, 2.75) is 31.2 Å². The molecule has 3 rings (SSSR count). The van der Waals surface area contributed by atoms with Gasteiger partial charge in [-0.25, -0.2) is 8.42 Å². The highest BCUT2D eigenvalue weighted by atomic mass is 32.2. The Bertz CT molecular complexity index is 870. The number of ether oxygens (including phenoxy) is 1. The topological polar surface area (TPSA) is 104 Å². The maximum atomic E-state index is 13.0. The number of aromatic nitrogens is 2. The highest BCUT2D eigenvalue weighted by Crippen LogP contribution is 2.18. The molecule has 2 N–H and O–H groups in total. The van der Waals surface area contributed by atoms with E-state index in [0.29, 0.717) is 37.7 Å². The lowest BCUT2D eigenvalue weighted by molar-refractivity contribution is -0.137. The summed E-state index contributed by atoms with van der Waals surface area (Å²) in [5, 5.41) is 6.63. The molecule has 1 aliphatic rings. The Balaban J connectivity index is 1.88. The molecule has 27 heavy (non-hydrogen) atoms. The van der Waals surface area contributed by atoms with Crippen molar-refractivity contribution in [1.82, 2.24) is 19.8 Å². The van der Waals surface area contributed by atoms with Crippen LogP contribution in [0.25, 0.3) is 0 Å². The van der Waals surface area contributed by atoms with Gasteiger partial charge in [0, 0.05) is 13.1 Å². The molecule has 2 aromatic rings. The Morgan fingerprint density at radius 1 is 1.26 bits per heavy atom. The van der Waals surface area contributed by atoms with E-state index >= 15 is 0 Å². The molecule has 2 heterocycles. The molecule has 1 saturated heterocycles. The highest BCUT2D eigenvalue weighted by molar-refractivity contribution is 7.89. The first-order valence-electron chi connectivity index (χ1n) is 8.83. The maximum absolute atomic E-state index is 13.0. The number of carbonyl (C=O) groups is 1. The molecule has 146 valence electrons. The van der Waals surface area contributed by atoms with E-state index in [1.54, 1.807) is 18.7 Å². The molecule has 1 aromatic heterocycles. The molecule has 8 nitrogen and oxygen atoms in total. The fourth-order valence-corrected chi connectivity index (χ4v) is 4.78. The van der Waals surface area contributed by atoms with E-state index in [-0.39, 0.29) is 17.2 Å². The number of H-pyrrole nitrogens is 1. The largest absolute Gasteiger partial charge is 0.378 e. The third kappa shape index (κ3) is 4.55. The number of aryl methyl sites for hydroxylation is 2. The van der Waals surface area contributed by atoms with Gasteiger partial charge in [-0.2, -0.15) is 9.82 Å². The van der Waals surface area contributed by atoms with Crippen LogP contribution in [0.5, 0.6) is 0 Å².